The monoisotopic (exact) mass is 338 g/mol. The number of aromatic nitrogens is 5. The Balaban J connectivity index is 1.95. The zero-order valence-electron chi connectivity index (χ0n) is 13.3. The third-order valence-corrected chi connectivity index (χ3v) is 4.66. The molecule has 3 rings (SSSR count). The second-order valence-electron chi connectivity index (χ2n) is 6.91. The second kappa shape index (κ2) is 5.59. The summed E-state index contributed by atoms with van der Waals surface area (Å²) in [6.07, 6.45) is 1.84. The molecule has 2 aromatic rings. The maximum atomic E-state index is 11.5. The van der Waals surface area contributed by atoms with Crippen molar-refractivity contribution in [3.8, 4) is 0 Å². The van der Waals surface area contributed by atoms with Gasteiger partial charge in [-0.15, -0.1) is 5.10 Å². The molecule has 0 bridgehead atoms. The number of carboxylic acid groups (broad SMARTS) is 1. The molecular formula is C14H19ClN6O2. The van der Waals surface area contributed by atoms with Crippen molar-refractivity contribution in [3.05, 3.63) is 11.5 Å². The average Bonchev–Trinajstić information content (AvgIpc) is 2.91. The Morgan fingerprint density at radius 2 is 2.13 bits per heavy atom. The Labute approximate surface area is 138 Å². The summed E-state index contributed by atoms with van der Waals surface area (Å²) in [5.41, 5.74) is 0.897. The van der Waals surface area contributed by atoms with Gasteiger partial charge in [-0.1, -0.05) is 37.6 Å². The standard InChI is InChI=1S/C14H19ClN6O2/c1-14(2,3)9-6-8(4-5-20(9)13(22)23)21-12-10(18-19-21)11(15)16-7-17-12/h7-9H,4-6H2,1-3H3,(H,22,23). The lowest BCUT2D eigenvalue weighted by molar-refractivity contribution is 0.0411. The fraction of sp³-hybridized carbons (Fsp3) is 0.643. The van der Waals surface area contributed by atoms with Gasteiger partial charge in [-0.05, 0) is 18.3 Å². The normalized spacial score (nSPS) is 22.5. The molecule has 0 aliphatic carbocycles. The molecule has 2 unspecified atom stereocenters. The molecule has 0 radical (unpaired) electrons. The van der Waals surface area contributed by atoms with E-state index in [2.05, 4.69) is 41.1 Å². The van der Waals surface area contributed by atoms with Gasteiger partial charge in [0.15, 0.2) is 16.3 Å². The molecule has 2 aromatic heterocycles. The number of rotatable bonds is 1. The van der Waals surface area contributed by atoms with Gasteiger partial charge in [-0.3, -0.25) is 0 Å². The predicted molar refractivity (Wildman–Crippen MR) is 84.4 cm³/mol. The number of likely N-dealkylation sites (tertiary alicyclic amines) is 1. The highest BCUT2D eigenvalue weighted by Crippen LogP contribution is 2.37. The van der Waals surface area contributed by atoms with Crippen molar-refractivity contribution in [1.82, 2.24) is 29.9 Å². The topological polar surface area (TPSA) is 97.0 Å². The number of hydrogen-bond acceptors (Lipinski definition) is 5. The number of halogens is 1. The first-order chi connectivity index (χ1) is 10.8. The Hall–Kier alpha value is -1.96. The molecule has 3 heterocycles. The van der Waals surface area contributed by atoms with E-state index in [1.54, 1.807) is 4.68 Å². The van der Waals surface area contributed by atoms with Crippen LogP contribution in [0.1, 0.15) is 39.7 Å². The number of nitrogens with zero attached hydrogens (tertiary/aromatic N) is 6. The van der Waals surface area contributed by atoms with E-state index in [4.69, 9.17) is 11.6 Å². The first-order valence-electron chi connectivity index (χ1n) is 7.50. The smallest absolute Gasteiger partial charge is 0.407 e. The highest BCUT2D eigenvalue weighted by atomic mass is 35.5. The molecule has 1 amide bonds. The van der Waals surface area contributed by atoms with Crippen LogP contribution in [-0.2, 0) is 0 Å². The molecule has 2 atom stereocenters. The Kier molecular flexibility index (Phi) is 3.87. The molecular weight excluding hydrogens is 320 g/mol. The van der Waals surface area contributed by atoms with Crippen molar-refractivity contribution in [3.63, 3.8) is 0 Å². The summed E-state index contributed by atoms with van der Waals surface area (Å²) in [7, 11) is 0. The molecule has 0 aromatic carbocycles. The Morgan fingerprint density at radius 1 is 1.39 bits per heavy atom. The van der Waals surface area contributed by atoms with Crippen molar-refractivity contribution in [2.45, 2.75) is 45.7 Å². The summed E-state index contributed by atoms with van der Waals surface area (Å²) in [6.45, 7) is 6.61. The van der Waals surface area contributed by atoms with Gasteiger partial charge in [0.05, 0.1) is 6.04 Å². The summed E-state index contributed by atoms with van der Waals surface area (Å²) in [6, 6.07) is -0.0684. The van der Waals surface area contributed by atoms with Gasteiger partial charge in [0.1, 0.15) is 6.33 Å². The van der Waals surface area contributed by atoms with E-state index in [1.807, 2.05) is 0 Å². The lowest BCUT2D eigenvalue weighted by atomic mass is 9.79. The zero-order chi connectivity index (χ0) is 16.8. The van der Waals surface area contributed by atoms with Crippen LogP contribution in [0.15, 0.2) is 6.33 Å². The highest BCUT2D eigenvalue weighted by molar-refractivity contribution is 6.33. The lowest BCUT2D eigenvalue weighted by Crippen LogP contribution is -2.51. The first kappa shape index (κ1) is 15.9. The largest absolute Gasteiger partial charge is 0.465 e. The Morgan fingerprint density at radius 3 is 2.78 bits per heavy atom. The minimum atomic E-state index is -0.878. The minimum absolute atomic E-state index is 0.0331. The predicted octanol–water partition coefficient (Wildman–Crippen LogP) is 2.60. The molecule has 0 saturated carbocycles. The van der Waals surface area contributed by atoms with E-state index in [0.717, 1.165) is 0 Å². The minimum Gasteiger partial charge on any atom is -0.465 e. The van der Waals surface area contributed by atoms with Crippen LogP contribution in [0.5, 0.6) is 0 Å². The van der Waals surface area contributed by atoms with Crippen molar-refractivity contribution in [2.75, 3.05) is 6.54 Å². The van der Waals surface area contributed by atoms with E-state index in [9.17, 15) is 9.90 Å². The van der Waals surface area contributed by atoms with Gasteiger partial charge in [-0.2, -0.15) is 0 Å². The van der Waals surface area contributed by atoms with Crippen LogP contribution < -0.4 is 0 Å². The average molecular weight is 339 g/mol. The van der Waals surface area contributed by atoms with E-state index in [0.29, 0.717) is 30.6 Å². The second-order valence-corrected chi connectivity index (χ2v) is 7.26. The maximum Gasteiger partial charge on any atom is 0.407 e. The summed E-state index contributed by atoms with van der Waals surface area (Å²) >= 11 is 6.02. The molecule has 1 aliphatic rings. The fourth-order valence-corrected chi connectivity index (χ4v) is 3.37. The van der Waals surface area contributed by atoms with Gasteiger partial charge in [0, 0.05) is 12.6 Å². The SMILES string of the molecule is CC(C)(C)C1CC(n2nnc3c(Cl)ncnc32)CCN1C(=O)O. The van der Waals surface area contributed by atoms with Crippen LogP contribution in [0.4, 0.5) is 4.79 Å². The van der Waals surface area contributed by atoms with E-state index in [1.165, 1.54) is 11.2 Å². The van der Waals surface area contributed by atoms with Crippen LogP contribution in [0.3, 0.4) is 0 Å². The summed E-state index contributed by atoms with van der Waals surface area (Å²) in [5.74, 6) is 0. The highest BCUT2D eigenvalue weighted by Gasteiger charge is 2.40. The lowest BCUT2D eigenvalue weighted by Gasteiger charge is -2.44. The number of hydrogen-bond donors (Lipinski definition) is 1. The summed E-state index contributed by atoms with van der Waals surface area (Å²) in [4.78, 5) is 21.2. The van der Waals surface area contributed by atoms with Crippen LogP contribution in [0, 0.1) is 5.41 Å². The molecule has 1 saturated heterocycles. The van der Waals surface area contributed by atoms with E-state index in [-0.39, 0.29) is 22.7 Å². The zero-order valence-corrected chi connectivity index (χ0v) is 14.0. The first-order valence-corrected chi connectivity index (χ1v) is 7.88. The number of carbonyl (C=O) groups is 1. The van der Waals surface area contributed by atoms with Crippen LogP contribution in [0.2, 0.25) is 5.15 Å². The van der Waals surface area contributed by atoms with Crippen molar-refractivity contribution in [1.29, 1.82) is 0 Å². The number of piperidine rings is 1. The molecule has 23 heavy (non-hydrogen) atoms. The molecule has 9 heteroatoms. The molecule has 1 N–H and O–H groups in total. The van der Waals surface area contributed by atoms with Crippen LogP contribution in [0.25, 0.3) is 11.2 Å². The molecule has 124 valence electrons. The molecule has 8 nitrogen and oxygen atoms in total. The molecule has 0 spiro atoms. The maximum absolute atomic E-state index is 11.5. The number of amides is 1. The molecule has 1 fully saturated rings. The van der Waals surface area contributed by atoms with Crippen molar-refractivity contribution in [2.24, 2.45) is 5.41 Å². The van der Waals surface area contributed by atoms with Gasteiger partial charge < -0.3 is 10.0 Å². The third-order valence-electron chi connectivity index (χ3n) is 4.38. The Bertz CT molecular complexity index is 740. The summed E-state index contributed by atoms with van der Waals surface area (Å²) in [5, 5.41) is 18.0. The van der Waals surface area contributed by atoms with Crippen molar-refractivity contribution >= 4 is 28.9 Å². The fourth-order valence-electron chi connectivity index (χ4n) is 3.20. The van der Waals surface area contributed by atoms with Crippen LogP contribution in [-0.4, -0.2) is 53.6 Å². The van der Waals surface area contributed by atoms with Gasteiger partial charge in [0.2, 0.25) is 0 Å². The van der Waals surface area contributed by atoms with Crippen molar-refractivity contribution < 1.29 is 9.90 Å². The van der Waals surface area contributed by atoms with E-state index < -0.39 is 6.09 Å². The van der Waals surface area contributed by atoms with E-state index >= 15 is 0 Å². The van der Waals surface area contributed by atoms with Gasteiger partial charge in [-0.25, -0.2) is 19.4 Å². The third kappa shape index (κ3) is 2.83. The van der Waals surface area contributed by atoms with Gasteiger partial charge in [0.25, 0.3) is 0 Å². The summed E-state index contributed by atoms with van der Waals surface area (Å²) < 4.78 is 1.75. The number of fused-ring (bicyclic) bond motifs is 1. The van der Waals surface area contributed by atoms with Crippen LogP contribution >= 0.6 is 11.6 Å². The quantitative estimate of drug-likeness (QED) is 0.803. The van der Waals surface area contributed by atoms with Gasteiger partial charge >= 0.3 is 6.09 Å². The molecule has 1 aliphatic heterocycles.